The second-order valence-corrected chi connectivity index (χ2v) is 7.59. The highest BCUT2D eigenvalue weighted by Gasteiger charge is 2.34. The number of nitrogens with zero attached hydrogens (tertiary/aromatic N) is 3. The normalized spacial score (nSPS) is 15.8. The molecule has 11 heteroatoms. The number of hydrogen-bond donors (Lipinski definition) is 2. The van der Waals surface area contributed by atoms with Crippen LogP contribution in [0, 0.1) is 5.82 Å². The van der Waals surface area contributed by atoms with Gasteiger partial charge in [-0.05, 0) is 24.1 Å². The molecule has 1 atom stereocenters. The Morgan fingerprint density at radius 3 is 2.76 bits per heavy atom. The number of halogens is 1. The van der Waals surface area contributed by atoms with Crippen LogP contribution in [0.15, 0.2) is 29.1 Å². The number of ether oxygens (including phenoxy) is 2. The molecule has 2 N–H and O–H groups in total. The lowest BCUT2D eigenvalue weighted by atomic mass is 10.2. The molecule has 10 nitrogen and oxygen atoms in total. The maximum absolute atomic E-state index is 13.1. The minimum Gasteiger partial charge on any atom is -0.501 e. The Kier molecular flexibility index (Phi) is 7.99. The van der Waals surface area contributed by atoms with Crippen molar-refractivity contribution in [3.8, 4) is 5.75 Å². The van der Waals surface area contributed by atoms with Gasteiger partial charge in [-0.3, -0.25) is 19.1 Å². The lowest BCUT2D eigenvalue weighted by Crippen LogP contribution is -2.46. The van der Waals surface area contributed by atoms with Gasteiger partial charge in [0.25, 0.3) is 11.5 Å². The number of aromatic hydroxyl groups is 1. The summed E-state index contributed by atoms with van der Waals surface area (Å²) in [6.45, 7) is 2.83. The van der Waals surface area contributed by atoms with E-state index in [2.05, 4.69) is 10.3 Å². The Morgan fingerprint density at radius 1 is 1.33 bits per heavy atom. The number of hydrogen-bond acceptors (Lipinski definition) is 7. The monoisotopic (exact) mass is 462 g/mol. The zero-order valence-corrected chi connectivity index (χ0v) is 18.5. The van der Waals surface area contributed by atoms with Crippen LogP contribution in [-0.2, 0) is 23.1 Å². The van der Waals surface area contributed by atoms with Crippen LogP contribution < -0.4 is 10.9 Å². The maximum Gasteiger partial charge on any atom is 0.410 e. The van der Waals surface area contributed by atoms with Crippen molar-refractivity contribution in [2.75, 3.05) is 26.4 Å². The van der Waals surface area contributed by atoms with Crippen molar-refractivity contribution < 1.29 is 28.6 Å². The number of benzene rings is 1. The van der Waals surface area contributed by atoms with E-state index in [0.717, 1.165) is 17.4 Å². The number of carbonyl (C=O) groups excluding carboxylic acids is 2. The van der Waals surface area contributed by atoms with Gasteiger partial charge in [0.1, 0.15) is 17.7 Å². The van der Waals surface area contributed by atoms with Gasteiger partial charge < -0.3 is 19.9 Å². The Morgan fingerprint density at radius 2 is 2.06 bits per heavy atom. The van der Waals surface area contributed by atoms with Crippen LogP contribution in [-0.4, -0.2) is 57.9 Å². The molecular weight excluding hydrogens is 435 g/mol. The highest BCUT2D eigenvalue weighted by molar-refractivity contribution is 5.94. The van der Waals surface area contributed by atoms with Crippen LogP contribution in [0.5, 0.6) is 5.75 Å². The number of unbranched alkanes of at least 4 members (excludes halogenated alkanes) is 1. The SMILES string of the molecule is CCCCOC(=O)N1CCOCC1c1nc(C(=O)NCc2ccc(F)cc2)c(O)c(=O)n1C. The van der Waals surface area contributed by atoms with E-state index in [9.17, 15) is 23.9 Å². The van der Waals surface area contributed by atoms with E-state index in [1.807, 2.05) is 6.92 Å². The number of aromatic nitrogens is 2. The quantitative estimate of drug-likeness (QED) is 0.602. The van der Waals surface area contributed by atoms with Gasteiger partial charge in [-0.25, -0.2) is 14.2 Å². The van der Waals surface area contributed by atoms with E-state index in [4.69, 9.17) is 9.47 Å². The van der Waals surface area contributed by atoms with E-state index in [1.165, 1.54) is 36.2 Å². The molecule has 1 aliphatic heterocycles. The Labute approximate surface area is 189 Å². The van der Waals surface area contributed by atoms with Crippen LogP contribution in [0.4, 0.5) is 9.18 Å². The number of nitrogens with one attached hydrogen (secondary N) is 1. The summed E-state index contributed by atoms with van der Waals surface area (Å²) in [4.78, 5) is 43.6. The van der Waals surface area contributed by atoms with Crippen molar-refractivity contribution in [3.63, 3.8) is 0 Å². The molecule has 0 saturated carbocycles. The Bertz CT molecular complexity index is 1060. The lowest BCUT2D eigenvalue weighted by molar-refractivity contribution is -0.0140. The van der Waals surface area contributed by atoms with Crippen molar-refractivity contribution in [3.05, 3.63) is 57.5 Å². The van der Waals surface area contributed by atoms with Crippen LogP contribution in [0.1, 0.15) is 47.7 Å². The van der Waals surface area contributed by atoms with Crippen molar-refractivity contribution in [1.29, 1.82) is 0 Å². The summed E-state index contributed by atoms with van der Waals surface area (Å²) < 4.78 is 24.9. The summed E-state index contributed by atoms with van der Waals surface area (Å²) in [5.74, 6) is -1.93. The highest BCUT2D eigenvalue weighted by Crippen LogP contribution is 2.24. The average molecular weight is 462 g/mol. The molecule has 1 aromatic heterocycles. The fourth-order valence-electron chi connectivity index (χ4n) is 3.35. The third kappa shape index (κ3) is 5.67. The van der Waals surface area contributed by atoms with Gasteiger partial charge >= 0.3 is 6.09 Å². The average Bonchev–Trinajstić information content (AvgIpc) is 2.82. The molecule has 1 fully saturated rings. The van der Waals surface area contributed by atoms with Crippen LogP contribution in [0.25, 0.3) is 0 Å². The van der Waals surface area contributed by atoms with E-state index < -0.39 is 40.9 Å². The van der Waals surface area contributed by atoms with Crippen molar-refractivity contribution in [2.45, 2.75) is 32.4 Å². The first kappa shape index (κ1) is 24.2. The molecule has 0 spiro atoms. The molecule has 0 bridgehead atoms. The molecule has 178 valence electrons. The highest BCUT2D eigenvalue weighted by atomic mass is 19.1. The molecule has 1 aromatic carbocycles. The largest absolute Gasteiger partial charge is 0.501 e. The zero-order chi connectivity index (χ0) is 24.0. The van der Waals surface area contributed by atoms with Crippen molar-refractivity contribution in [1.82, 2.24) is 19.8 Å². The molecule has 2 heterocycles. The third-order valence-corrected chi connectivity index (χ3v) is 5.27. The Balaban J connectivity index is 1.85. The lowest BCUT2D eigenvalue weighted by Gasteiger charge is -2.35. The molecule has 1 unspecified atom stereocenters. The van der Waals surface area contributed by atoms with Gasteiger partial charge in [-0.15, -0.1) is 0 Å². The predicted octanol–water partition coefficient (Wildman–Crippen LogP) is 1.86. The summed E-state index contributed by atoms with van der Waals surface area (Å²) in [6.07, 6.45) is 1.01. The first-order valence-electron chi connectivity index (χ1n) is 10.7. The summed E-state index contributed by atoms with van der Waals surface area (Å²) in [5, 5.41) is 12.8. The minimum absolute atomic E-state index is 0.0349. The molecule has 2 aromatic rings. The standard InChI is InChI=1S/C22H27FN4O6/c1-3-4-10-33-22(31)27-9-11-32-13-16(27)19-25-17(18(28)21(30)26(19)2)20(29)24-12-14-5-7-15(23)8-6-14/h5-8,16,28H,3-4,9-13H2,1-2H3,(H,24,29). The summed E-state index contributed by atoms with van der Waals surface area (Å²) in [6, 6.07) is 4.73. The van der Waals surface area contributed by atoms with Crippen molar-refractivity contribution >= 4 is 12.0 Å². The van der Waals surface area contributed by atoms with Gasteiger partial charge in [0, 0.05) is 20.1 Å². The Hall–Kier alpha value is -3.47. The number of carbonyl (C=O) groups is 2. The maximum atomic E-state index is 13.1. The molecular formula is C22H27FN4O6. The van der Waals surface area contributed by atoms with Gasteiger partial charge in [-0.1, -0.05) is 25.5 Å². The topological polar surface area (TPSA) is 123 Å². The zero-order valence-electron chi connectivity index (χ0n) is 18.5. The molecule has 0 aliphatic carbocycles. The van der Waals surface area contributed by atoms with Crippen LogP contribution in [0.3, 0.4) is 0 Å². The molecule has 2 amide bonds. The van der Waals surface area contributed by atoms with Gasteiger partial charge in [0.05, 0.1) is 19.8 Å². The van der Waals surface area contributed by atoms with E-state index in [0.29, 0.717) is 5.56 Å². The molecule has 1 saturated heterocycles. The van der Waals surface area contributed by atoms with Crippen LogP contribution in [0.2, 0.25) is 0 Å². The van der Waals surface area contributed by atoms with E-state index >= 15 is 0 Å². The predicted molar refractivity (Wildman–Crippen MR) is 115 cm³/mol. The van der Waals surface area contributed by atoms with Crippen molar-refractivity contribution in [2.24, 2.45) is 7.05 Å². The summed E-state index contributed by atoms with van der Waals surface area (Å²) in [5.41, 5.74) is -0.688. The van der Waals surface area contributed by atoms with Crippen LogP contribution >= 0.6 is 0 Å². The number of rotatable bonds is 7. The summed E-state index contributed by atoms with van der Waals surface area (Å²) >= 11 is 0. The van der Waals surface area contributed by atoms with E-state index in [1.54, 1.807) is 0 Å². The number of morpholine rings is 1. The smallest absolute Gasteiger partial charge is 0.410 e. The van der Waals surface area contributed by atoms with Gasteiger partial charge in [0.15, 0.2) is 5.69 Å². The molecule has 3 rings (SSSR count). The first-order valence-corrected chi connectivity index (χ1v) is 10.7. The van der Waals surface area contributed by atoms with Gasteiger partial charge in [0.2, 0.25) is 5.75 Å². The second kappa shape index (κ2) is 10.9. The van der Waals surface area contributed by atoms with Gasteiger partial charge in [-0.2, -0.15) is 0 Å². The van der Waals surface area contributed by atoms with E-state index in [-0.39, 0.29) is 38.7 Å². The first-order chi connectivity index (χ1) is 15.8. The fraction of sp³-hybridized carbons (Fsp3) is 0.455. The minimum atomic E-state index is -0.836. The fourth-order valence-corrected chi connectivity index (χ4v) is 3.35. The second-order valence-electron chi connectivity index (χ2n) is 7.59. The molecule has 33 heavy (non-hydrogen) atoms. The molecule has 0 radical (unpaired) electrons. The molecule has 1 aliphatic rings. The number of amides is 2. The summed E-state index contributed by atoms with van der Waals surface area (Å²) in [7, 11) is 1.39. The third-order valence-electron chi connectivity index (χ3n) is 5.27.